The van der Waals surface area contributed by atoms with E-state index in [2.05, 4.69) is 159 Å². The molecule has 2 aliphatic carbocycles. The third-order valence-corrected chi connectivity index (χ3v) is 12.1. The van der Waals surface area contributed by atoms with Gasteiger partial charge in [0.05, 0.1) is 0 Å². The molecular formula is C47H34S. The van der Waals surface area contributed by atoms with Gasteiger partial charge in [-0.3, -0.25) is 0 Å². The third-order valence-electron chi connectivity index (χ3n) is 11.0. The lowest BCUT2D eigenvalue weighted by Gasteiger charge is -2.23. The number of rotatable bonds is 3. The molecule has 1 aromatic heterocycles. The van der Waals surface area contributed by atoms with Crippen molar-refractivity contribution >= 4 is 64.2 Å². The minimum Gasteiger partial charge on any atom is -0.135 e. The molecule has 7 aromatic carbocycles. The zero-order valence-electron chi connectivity index (χ0n) is 27.2. The normalized spacial score (nSPS) is 15.1. The number of hydrogen-bond acceptors (Lipinski definition) is 1. The monoisotopic (exact) mass is 630 g/mol. The highest BCUT2D eigenvalue weighted by Crippen LogP contribution is 2.53. The van der Waals surface area contributed by atoms with Gasteiger partial charge in [0.2, 0.25) is 0 Å². The number of thiophene rings is 1. The van der Waals surface area contributed by atoms with Crippen LogP contribution in [0.2, 0.25) is 0 Å². The average Bonchev–Trinajstić information content (AvgIpc) is 3.61. The molecule has 228 valence electrons. The second kappa shape index (κ2) is 10.4. The van der Waals surface area contributed by atoms with Gasteiger partial charge in [0.15, 0.2) is 0 Å². The Morgan fingerprint density at radius 1 is 0.438 bits per heavy atom. The van der Waals surface area contributed by atoms with Gasteiger partial charge >= 0.3 is 0 Å². The Balaban J connectivity index is 1.19. The second-order valence-electron chi connectivity index (χ2n) is 14.0. The van der Waals surface area contributed by atoms with E-state index in [1.807, 2.05) is 11.3 Å². The molecule has 0 fully saturated rings. The molecule has 0 N–H and O–H groups in total. The van der Waals surface area contributed by atoms with Crippen molar-refractivity contribution in [1.82, 2.24) is 0 Å². The maximum absolute atomic E-state index is 2.49. The van der Waals surface area contributed by atoms with Crippen LogP contribution in [0.5, 0.6) is 0 Å². The molecule has 1 heteroatoms. The van der Waals surface area contributed by atoms with Crippen LogP contribution in [-0.2, 0) is 5.41 Å². The molecule has 0 spiro atoms. The van der Waals surface area contributed by atoms with E-state index in [4.69, 9.17) is 0 Å². The summed E-state index contributed by atoms with van der Waals surface area (Å²) in [5.74, 6) is 0. The molecule has 48 heavy (non-hydrogen) atoms. The Kier molecular flexibility index (Phi) is 6.02. The Bertz CT molecular complexity index is 2620. The van der Waals surface area contributed by atoms with Crippen LogP contribution in [0.1, 0.15) is 48.9 Å². The molecule has 0 amide bonds. The molecular weight excluding hydrogens is 597 g/mol. The van der Waals surface area contributed by atoms with Crippen molar-refractivity contribution in [2.75, 3.05) is 0 Å². The number of fused-ring (bicyclic) bond motifs is 8. The van der Waals surface area contributed by atoms with Crippen LogP contribution < -0.4 is 0 Å². The van der Waals surface area contributed by atoms with Gasteiger partial charge in [-0.2, -0.15) is 0 Å². The minimum atomic E-state index is -0.0544. The van der Waals surface area contributed by atoms with E-state index >= 15 is 0 Å². The van der Waals surface area contributed by atoms with E-state index in [9.17, 15) is 0 Å². The standard InChI is InChI=1S/C47H34S/c1-47(2)41-25-24-32(26-38(41)39-27-40-33-14-10-11-19-43(33)48-44(40)28-42(39)47)46-36-17-8-6-15-34(36)45(35-16-7-9-18-37(35)46)31-22-20-30(21-23-31)29-12-4-3-5-13-29/h3-20,22,24-28H,21,23H2,1-2H3. The fraction of sp³-hybridized carbons (Fsp3) is 0.106. The minimum absolute atomic E-state index is 0.0544. The van der Waals surface area contributed by atoms with E-state index in [1.54, 1.807) is 0 Å². The Hall–Kier alpha value is -5.24. The predicted octanol–water partition coefficient (Wildman–Crippen LogP) is 13.6. The SMILES string of the molecule is CC1(C)c2ccc(-c3c4ccccc4c(C4=CC=C(c5ccccc5)CC4)c4ccccc34)cc2-c2cc3c(cc21)sc1ccccc13. The van der Waals surface area contributed by atoms with Crippen molar-refractivity contribution in [2.45, 2.75) is 32.1 Å². The smallest absolute Gasteiger partial charge is 0.0358 e. The molecule has 0 saturated heterocycles. The molecule has 0 aliphatic heterocycles. The third kappa shape index (κ3) is 4.01. The fourth-order valence-electron chi connectivity index (χ4n) is 8.65. The molecule has 1 heterocycles. The summed E-state index contributed by atoms with van der Waals surface area (Å²) >= 11 is 1.91. The maximum Gasteiger partial charge on any atom is 0.0358 e. The first kappa shape index (κ1) is 27.8. The van der Waals surface area contributed by atoms with Gasteiger partial charge in [0, 0.05) is 25.6 Å². The Labute approximate surface area is 285 Å². The highest BCUT2D eigenvalue weighted by Gasteiger charge is 2.36. The second-order valence-corrected chi connectivity index (χ2v) is 15.1. The summed E-state index contributed by atoms with van der Waals surface area (Å²) in [5.41, 5.74) is 13.7. The summed E-state index contributed by atoms with van der Waals surface area (Å²) in [7, 11) is 0. The van der Waals surface area contributed by atoms with E-state index in [-0.39, 0.29) is 5.41 Å². The molecule has 0 bridgehead atoms. The first-order valence-electron chi connectivity index (χ1n) is 17.1. The lowest BCUT2D eigenvalue weighted by molar-refractivity contribution is 0.661. The van der Waals surface area contributed by atoms with Gasteiger partial charge in [-0.25, -0.2) is 0 Å². The average molecular weight is 631 g/mol. The first-order chi connectivity index (χ1) is 23.6. The zero-order chi connectivity index (χ0) is 32.0. The molecule has 10 rings (SSSR count). The fourth-order valence-corrected chi connectivity index (χ4v) is 9.77. The first-order valence-corrected chi connectivity index (χ1v) is 17.9. The van der Waals surface area contributed by atoms with Gasteiger partial charge in [-0.05, 0) is 114 Å². The van der Waals surface area contributed by atoms with Crippen molar-refractivity contribution in [3.8, 4) is 22.3 Å². The topological polar surface area (TPSA) is 0 Å². The van der Waals surface area contributed by atoms with Gasteiger partial charge < -0.3 is 0 Å². The molecule has 8 aromatic rings. The van der Waals surface area contributed by atoms with Crippen molar-refractivity contribution in [3.63, 3.8) is 0 Å². The van der Waals surface area contributed by atoms with Crippen LogP contribution in [-0.4, -0.2) is 0 Å². The lowest BCUT2D eigenvalue weighted by atomic mass is 9.80. The largest absolute Gasteiger partial charge is 0.135 e. The van der Waals surface area contributed by atoms with E-state index in [0.29, 0.717) is 0 Å². The van der Waals surface area contributed by atoms with Gasteiger partial charge in [0.1, 0.15) is 0 Å². The Morgan fingerprint density at radius 2 is 1.02 bits per heavy atom. The van der Waals surface area contributed by atoms with E-state index < -0.39 is 0 Å². The van der Waals surface area contributed by atoms with Crippen LogP contribution in [0.4, 0.5) is 0 Å². The van der Waals surface area contributed by atoms with Crippen LogP contribution in [0.3, 0.4) is 0 Å². The zero-order valence-corrected chi connectivity index (χ0v) is 28.0. The number of allylic oxidation sites excluding steroid dienone is 4. The quantitative estimate of drug-likeness (QED) is 0.170. The van der Waals surface area contributed by atoms with Crippen LogP contribution in [0.15, 0.2) is 146 Å². The van der Waals surface area contributed by atoms with Crippen molar-refractivity contribution in [3.05, 3.63) is 168 Å². The van der Waals surface area contributed by atoms with Crippen molar-refractivity contribution < 1.29 is 0 Å². The molecule has 0 radical (unpaired) electrons. The number of benzene rings is 7. The summed E-state index contributed by atoms with van der Waals surface area (Å²) in [6, 6.07) is 50.1. The molecule has 2 aliphatic rings. The maximum atomic E-state index is 2.49. The Morgan fingerprint density at radius 3 is 1.71 bits per heavy atom. The van der Waals surface area contributed by atoms with Gasteiger partial charge in [0.25, 0.3) is 0 Å². The van der Waals surface area contributed by atoms with Crippen LogP contribution in [0.25, 0.3) is 75.1 Å². The summed E-state index contributed by atoms with van der Waals surface area (Å²) in [5, 5.41) is 8.04. The molecule has 0 saturated carbocycles. The summed E-state index contributed by atoms with van der Waals surface area (Å²) in [6.07, 6.45) is 6.81. The molecule has 0 atom stereocenters. The van der Waals surface area contributed by atoms with Crippen molar-refractivity contribution in [1.29, 1.82) is 0 Å². The summed E-state index contributed by atoms with van der Waals surface area (Å²) < 4.78 is 2.74. The summed E-state index contributed by atoms with van der Waals surface area (Å²) in [4.78, 5) is 0. The highest BCUT2D eigenvalue weighted by atomic mass is 32.1. The summed E-state index contributed by atoms with van der Waals surface area (Å²) in [6.45, 7) is 4.79. The molecule has 0 nitrogen and oxygen atoms in total. The highest BCUT2D eigenvalue weighted by molar-refractivity contribution is 7.25. The van der Waals surface area contributed by atoms with Gasteiger partial charge in [-0.15, -0.1) is 11.3 Å². The van der Waals surface area contributed by atoms with Gasteiger partial charge in [-0.1, -0.05) is 135 Å². The van der Waals surface area contributed by atoms with Crippen LogP contribution in [0, 0.1) is 0 Å². The van der Waals surface area contributed by atoms with Crippen molar-refractivity contribution in [2.24, 2.45) is 0 Å². The predicted molar refractivity (Wildman–Crippen MR) is 209 cm³/mol. The lowest BCUT2D eigenvalue weighted by Crippen LogP contribution is -2.14. The van der Waals surface area contributed by atoms with Crippen LogP contribution >= 0.6 is 11.3 Å². The number of hydrogen-bond donors (Lipinski definition) is 0. The molecule has 0 unspecified atom stereocenters. The van der Waals surface area contributed by atoms with E-state index in [0.717, 1.165) is 12.8 Å². The van der Waals surface area contributed by atoms with E-state index in [1.165, 1.54) is 97.4 Å².